The highest BCUT2D eigenvalue weighted by molar-refractivity contribution is 5.21. The number of hydrogen-bond acceptors (Lipinski definition) is 4. The molecular weight excluding hydrogens is 228 g/mol. The number of aromatic nitrogens is 2. The molecule has 2 heterocycles. The van der Waals surface area contributed by atoms with Crippen molar-refractivity contribution in [3.8, 4) is 0 Å². The molecule has 1 unspecified atom stereocenters. The monoisotopic (exact) mass is 248 g/mol. The number of rotatable bonds is 6. The van der Waals surface area contributed by atoms with Crippen molar-refractivity contribution in [2.24, 2.45) is 5.84 Å². The minimum atomic E-state index is -0.153. The van der Waals surface area contributed by atoms with Crippen molar-refractivity contribution < 1.29 is 4.42 Å². The van der Waals surface area contributed by atoms with Crippen LogP contribution in [0.1, 0.15) is 43.5 Å². The van der Waals surface area contributed by atoms with Crippen LogP contribution in [-0.2, 0) is 13.0 Å². The van der Waals surface area contributed by atoms with Crippen LogP contribution >= 0.6 is 0 Å². The third-order valence-corrected chi connectivity index (χ3v) is 2.96. The standard InChI is InChI=1S/C13H20N4O/c1-3-9-17-11(7-8-15-17)13(16-14)12-6-5-10(4-2)18-12/h5-8,13,16H,3-4,9,14H2,1-2H3. The first-order valence-corrected chi connectivity index (χ1v) is 6.36. The van der Waals surface area contributed by atoms with Crippen molar-refractivity contribution in [2.45, 2.75) is 39.3 Å². The molecule has 5 heteroatoms. The first kappa shape index (κ1) is 12.9. The zero-order valence-electron chi connectivity index (χ0n) is 10.9. The predicted octanol–water partition coefficient (Wildman–Crippen LogP) is 2.00. The van der Waals surface area contributed by atoms with Gasteiger partial charge in [0, 0.05) is 19.2 Å². The Bertz CT molecular complexity index is 489. The van der Waals surface area contributed by atoms with Gasteiger partial charge in [0.05, 0.1) is 5.69 Å². The molecule has 2 aromatic rings. The van der Waals surface area contributed by atoms with E-state index in [2.05, 4.69) is 24.4 Å². The van der Waals surface area contributed by atoms with Crippen molar-refractivity contribution in [3.63, 3.8) is 0 Å². The van der Waals surface area contributed by atoms with Gasteiger partial charge in [-0.05, 0) is 24.6 Å². The molecule has 98 valence electrons. The Balaban J connectivity index is 2.29. The van der Waals surface area contributed by atoms with Crippen molar-refractivity contribution in [3.05, 3.63) is 41.6 Å². The van der Waals surface area contributed by atoms with Crippen molar-refractivity contribution >= 4 is 0 Å². The number of hydrazine groups is 1. The lowest BCUT2D eigenvalue weighted by Crippen LogP contribution is -2.30. The maximum Gasteiger partial charge on any atom is 0.128 e. The molecule has 0 aliphatic heterocycles. The minimum Gasteiger partial charge on any atom is -0.464 e. The lowest BCUT2D eigenvalue weighted by atomic mass is 10.1. The molecule has 0 aliphatic carbocycles. The van der Waals surface area contributed by atoms with E-state index in [1.54, 1.807) is 6.20 Å². The van der Waals surface area contributed by atoms with E-state index < -0.39 is 0 Å². The summed E-state index contributed by atoms with van der Waals surface area (Å²) >= 11 is 0. The Morgan fingerprint density at radius 1 is 1.39 bits per heavy atom. The molecule has 1 atom stereocenters. The molecule has 0 amide bonds. The van der Waals surface area contributed by atoms with Crippen LogP contribution in [0.4, 0.5) is 0 Å². The maximum absolute atomic E-state index is 5.76. The molecule has 0 aromatic carbocycles. The molecule has 0 aliphatic rings. The van der Waals surface area contributed by atoms with Crippen LogP contribution in [0.5, 0.6) is 0 Å². The Kier molecular flexibility index (Phi) is 4.17. The fourth-order valence-corrected chi connectivity index (χ4v) is 2.04. The Morgan fingerprint density at radius 2 is 2.22 bits per heavy atom. The summed E-state index contributed by atoms with van der Waals surface area (Å²) in [7, 11) is 0. The molecule has 2 aromatic heterocycles. The van der Waals surface area contributed by atoms with E-state index >= 15 is 0 Å². The predicted molar refractivity (Wildman–Crippen MR) is 69.8 cm³/mol. The van der Waals surface area contributed by atoms with Crippen molar-refractivity contribution in [1.82, 2.24) is 15.2 Å². The van der Waals surface area contributed by atoms with Gasteiger partial charge in [0.2, 0.25) is 0 Å². The summed E-state index contributed by atoms with van der Waals surface area (Å²) in [6.07, 6.45) is 3.70. The van der Waals surface area contributed by atoms with Gasteiger partial charge in [-0.3, -0.25) is 10.5 Å². The van der Waals surface area contributed by atoms with Crippen LogP contribution in [0, 0.1) is 0 Å². The number of nitrogens with two attached hydrogens (primary N) is 1. The quantitative estimate of drug-likeness (QED) is 0.606. The van der Waals surface area contributed by atoms with E-state index in [1.807, 2.05) is 22.9 Å². The molecule has 0 spiro atoms. The zero-order valence-corrected chi connectivity index (χ0v) is 10.9. The van der Waals surface area contributed by atoms with Crippen molar-refractivity contribution in [1.29, 1.82) is 0 Å². The highest BCUT2D eigenvalue weighted by Gasteiger charge is 2.20. The highest BCUT2D eigenvalue weighted by Crippen LogP contribution is 2.23. The van der Waals surface area contributed by atoms with Crippen LogP contribution in [0.25, 0.3) is 0 Å². The van der Waals surface area contributed by atoms with E-state index in [0.29, 0.717) is 0 Å². The van der Waals surface area contributed by atoms with Gasteiger partial charge in [-0.1, -0.05) is 13.8 Å². The topological polar surface area (TPSA) is 69.0 Å². The van der Waals surface area contributed by atoms with Gasteiger partial charge >= 0.3 is 0 Å². The van der Waals surface area contributed by atoms with Gasteiger partial charge < -0.3 is 4.42 Å². The van der Waals surface area contributed by atoms with Gasteiger partial charge in [0.1, 0.15) is 17.6 Å². The van der Waals surface area contributed by atoms with Gasteiger partial charge in [-0.15, -0.1) is 0 Å². The summed E-state index contributed by atoms with van der Waals surface area (Å²) in [6.45, 7) is 5.06. The third-order valence-electron chi connectivity index (χ3n) is 2.96. The second-order valence-corrected chi connectivity index (χ2v) is 4.24. The van der Waals surface area contributed by atoms with Gasteiger partial charge in [-0.25, -0.2) is 5.43 Å². The molecule has 3 N–H and O–H groups in total. The molecule has 0 saturated heterocycles. The van der Waals surface area contributed by atoms with Crippen LogP contribution in [-0.4, -0.2) is 9.78 Å². The minimum absolute atomic E-state index is 0.153. The average molecular weight is 248 g/mol. The second kappa shape index (κ2) is 5.84. The van der Waals surface area contributed by atoms with Gasteiger partial charge in [0.15, 0.2) is 0 Å². The Morgan fingerprint density at radius 3 is 2.83 bits per heavy atom. The summed E-state index contributed by atoms with van der Waals surface area (Å²) in [5.41, 5.74) is 3.83. The highest BCUT2D eigenvalue weighted by atomic mass is 16.3. The molecule has 5 nitrogen and oxygen atoms in total. The molecule has 18 heavy (non-hydrogen) atoms. The average Bonchev–Trinajstić information content (AvgIpc) is 3.01. The van der Waals surface area contributed by atoms with E-state index in [1.165, 1.54) is 0 Å². The van der Waals surface area contributed by atoms with Crippen LogP contribution in [0.15, 0.2) is 28.8 Å². The smallest absolute Gasteiger partial charge is 0.128 e. The lowest BCUT2D eigenvalue weighted by Gasteiger charge is -2.15. The molecule has 0 fully saturated rings. The summed E-state index contributed by atoms with van der Waals surface area (Å²) < 4.78 is 7.72. The van der Waals surface area contributed by atoms with E-state index in [4.69, 9.17) is 10.3 Å². The fourth-order valence-electron chi connectivity index (χ4n) is 2.04. The van der Waals surface area contributed by atoms with E-state index in [9.17, 15) is 0 Å². The van der Waals surface area contributed by atoms with E-state index in [-0.39, 0.29) is 6.04 Å². The summed E-state index contributed by atoms with van der Waals surface area (Å²) in [5.74, 6) is 7.45. The molecular formula is C13H20N4O. The van der Waals surface area contributed by atoms with Gasteiger partial charge in [0.25, 0.3) is 0 Å². The zero-order chi connectivity index (χ0) is 13.0. The number of hydrogen-bond donors (Lipinski definition) is 2. The molecule has 0 bridgehead atoms. The van der Waals surface area contributed by atoms with Crippen LogP contribution < -0.4 is 11.3 Å². The van der Waals surface area contributed by atoms with Crippen LogP contribution in [0.3, 0.4) is 0 Å². The Hall–Kier alpha value is -1.59. The number of nitrogens with zero attached hydrogens (tertiary/aromatic N) is 2. The van der Waals surface area contributed by atoms with Crippen LogP contribution in [0.2, 0.25) is 0 Å². The summed E-state index contributed by atoms with van der Waals surface area (Å²) in [6, 6.07) is 5.76. The number of aryl methyl sites for hydroxylation is 2. The first-order valence-electron chi connectivity index (χ1n) is 6.36. The summed E-state index contributed by atoms with van der Waals surface area (Å²) in [5, 5.41) is 4.31. The maximum atomic E-state index is 5.76. The lowest BCUT2D eigenvalue weighted by molar-refractivity contribution is 0.408. The number of furan rings is 1. The molecule has 0 radical (unpaired) electrons. The van der Waals surface area contributed by atoms with Gasteiger partial charge in [-0.2, -0.15) is 5.10 Å². The largest absolute Gasteiger partial charge is 0.464 e. The third kappa shape index (κ3) is 2.47. The molecule has 0 saturated carbocycles. The normalized spacial score (nSPS) is 12.8. The fraction of sp³-hybridized carbons (Fsp3) is 0.462. The van der Waals surface area contributed by atoms with E-state index in [0.717, 1.165) is 36.6 Å². The Labute approximate surface area is 107 Å². The molecule has 2 rings (SSSR count). The summed E-state index contributed by atoms with van der Waals surface area (Å²) in [4.78, 5) is 0. The second-order valence-electron chi connectivity index (χ2n) is 4.24. The first-order chi connectivity index (χ1) is 8.80. The SMILES string of the molecule is CCCn1nccc1C(NN)c1ccc(CC)o1. The van der Waals surface area contributed by atoms with Crippen molar-refractivity contribution in [2.75, 3.05) is 0 Å². The number of nitrogens with one attached hydrogen (secondary N) is 1.